The Hall–Kier alpha value is -1.46. The first-order chi connectivity index (χ1) is 9.10. The van der Waals surface area contributed by atoms with E-state index in [1.165, 1.54) is 11.1 Å². The van der Waals surface area contributed by atoms with Gasteiger partial charge < -0.3 is 10.6 Å². The van der Waals surface area contributed by atoms with E-state index in [2.05, 4.69) is 33.2 Å². The standard InChI is InChI=1S/C14H20N4S/c1-10-6-12(4-5-15)7-16-14(10)18(3)8-13-9-19-11(2)17-13/h6-7,9H,4-5,8,15H2,1-3H3. The lowest BCUT2D eigenvalue weighted by molar-refractivity contribution is 0.859. The van der Waals surface area contributed by atoms with Gasteiger partial charge in [0.25, 0.3) is 0 Å². The number of nitrogens with two attached hydrogens (primary N) is 1. The molecule has 4 nitrogen and oxygen atoms in total. The van der Waals surface area contributed by atoms with Gasteiger partial charge in [-0.3, -0.25) is 0 Å². The average molecular weight is 276 g/mol. The molecule has 0 fully saturated rings. The lowest BCUT2D eigenvalue weighted by atomic mass is 10.1. The molecule has 2 rings (SSSR count). The summed E-state index contributed by atoms with van der Waals surface area (Å²) in [4.78, 5) is 11.2. The van der Waals surface area contributed by atoms with Gasteiger partial charge in [-0.25, -0.2) is 9.97 Å². The number of rotatable bonds is 5. The Labute approximate surface area is 118 Å². The van der Waals surface area contributed by atoms with Crippen molar-refractivity contribution in [2.45, 2.75) is 26.8 Å². The molecule has 0 aromatic carbocycles. The molecule has 0 unspecified atom stereocenters. The molecule has 0 aliphatic rings. The van der Waals surface area contributed by atoms with Crippen molar-refractivity contribution in [1.29, 1.82) is 0 Å². The molecule has 0 saturated heterocycles. The maximum atomic E-state index is 5.57. The van der Waals surface area contributed by atoms with Crippen LogP contribution >= 0.6 is 11.3 Å². The van der Waals surface area contributed by atoms with Crippen molar-refractivity contribution in [1.82, 2.24) is 9.97 Å². The minimum Gasteiger partial charge on any atom is -0.354 e. The molecule has 19 heavy (non-hydrogen) atoms. The van der Waals surface area contributed by atoms with Crippen LogP contribution in [-0.2, 0) is 13.0 Å². The predicted octanol–water partition coefficient (Wildman–Crippen LogP) is 2.29. The van der Waals surface area contributed by atoms with Gasteiger partial charge in [-0.1, -0.05) is 6.07 Å². The van der Waals surface area contributed by atoms with Crippen LogP contribution in [0, 0.1) is 13.8 Å². The third-order valence-corrected chi connectivity index (χ3v) is 3.79. The van der Waals surface area contributed by atoms with Gasteiger partial charge in [0.1, 0.15) is 5.82 Å². The van der Waals surface area contributed by atoms with Crippen LogP contribution in [0.5, 0.6) is 0 Å². The van der Waals surface area contributed by atoms with E-state index in [1.54, 1.807) is 11.3 Å². The zero-order chi connectivity index (χ0) is 13.8. The maximum Gasteiger partial charge on any atom is 0.131 e. The van der Waals surface area contributed by atoms with Gasteiger partial charge in [0.05, 0.1) is 17.2 Å². The third kappa shape index (κ3) is 3.52. The molecular formula is C14H20N4S. The van der Waals surface area contributed by atoms with Crippen LogP contribution in [0.2, 0.25) is 0 Å². The fraction of sp³-hybridized carbons (Fsp3) is 0.429. The Bertz CT molecular complexity index is 550. The molecule has 2 N–H and O–H groups in total. The van der Waals surface area contributed by atoms with Crippen molar-refractivity contribution in [3.63, 3.8) is 0 Å². The quantitative estimate of drug-likeness (QED) is 0.910. The average Bonchev–Trinajstić information content (AvgIpc) is 2.75. The van der Waals surface area contributed by atoms with Crippen LogP contribution in [0.1, 0.15) is 21.8 Å². The molecule has 2 heterocycles. The minimum absolute atomic E-state index is 0.661. The Morgan fingerprint density at radius 1 is 1.37 bits per heavy atom. The zero-order valence-electron chi connectivity index (χ0n) is 11.7. The molecule has 0 atom stereocenters. The molecule has 0 amide bonds. The molecule has 0 radical (unpaired) electrons. The second-order valence-corrected chi connectivity index (χ2v) is 5.80. The van der Waals surface area contributed by atoms with Crippen LogP contribution in [0.15, 0.2) is 17.6 Å². The molecule has 0 spiro atoms. The molecule has 2 aromatic rings. The number of aromatic nitrogens is 2. The Kier molecular flexibility index (Phi) is 4.50. The van der Waals surface area contributed by atoms with E-state index in [4.69, 9.17) is 5.73 Å². The zero-order valence-corrected chi connectivity index (χ0v) is 12.5. The summed E-state index contributed by atoms with van der Waals surface area (Å²) in [6.07, 6.45) is 2.79. The summed E-state index contributed by atoms with van der Waals surface area (Å²) < 4.78 is 0. The summed E-state index contributed by atoms with van der Waals surface area (Å²) in [7, 11) is 2.05. The number of hydrogen-bond donors (Lipinski definition) is 1. The molecule has 0 bridgehead atoms. The van der Waals surface area contributed by atoms with Crippen molar-refractivity contribution in [2.75, 3.05) is 18.5 Å². The third-order valence-electron chi connectivity index (χ3n) is 2.97. The second-order valence-electron chi connectivity index (χ2n) is 4.74. The molecule has 2 aromatic heterocycles. The first-order valence-corrected chi connectivity index (χ1v) is 7.26. The number of thiazole rings is 1. The fourth-order valence-corrected chi connectivity index (χ4v) is 2.73. The Morgan fingerprint density at radius 3 is 2.74 bits per heavy atom. The monoisotopic (exact) mass is 276 g/mol. The van der Waals surface area contributed by atoms with Crippen LogP contribution in [0.4, 0.5) is 5.82 Å². The van der Waals surface area contributed by atoms with Gasteiger partial charge >= 0.3 is 0 Å². The molecule has 0 aliphatic heterocycles. The molecular weight excluding hydrogens is 256 g/mol. The van der Waals surface area contributed by atoms with E-state index in [9.17, 15) is 0 Å². The van der Waals surface area contributed by atoms with Gasteiger partial charge in [0, 0.05) is 18.6 Å². The summed E-state index contributed by atoms with van der Waals surface area (Å²) in [5.74, 6) is 1.01. The first kappa shape index (κ1) is 14.0. The molecule has 0 saturated carbocycles. The molecule has 5 heteroatoms. The fourth-order valence-electron chi connectivity index (χ4n) is 2.13. The lowest BCUT2D eigenvalue weighted by Gasteiger charge is -2.19. The largest absolute Gasteiger partial charge is 0.354 e. The van der Waals surface area contributed by atoms with E-state index < -0.39 is 0 Å². The number of aryl methyl sites for hydroxylation is 2. The van der Waals surface area contributed by atoms with Gasteiger partial charge in [0.2, 0.25) is 0 Å². The number of hydrogen-bond acceptors (Lipinski definition) is 5. The first-order valence-electron chi connectivity index (χ1n) is 6.38. The molecule has 0 aliphatic carbocycles. The smallest absolute Gasteiger partial charge is 0.131 e. The van der Waals surface area contributed by atoms with Crippen molar-refractivity contribution in [3.05, 3.63) is 39.5 Å². The number of anilines is 1. The highest BCUT2D eigenvalue weighted by Crippen LogP contribution is 2.19. The summed E-state index contributed by atoms with van der Waals surface area (Å²) in [6.45, 7) is 5.56. The molecule has 102 valence electrons. The topological polar surface area (TPSA) is 55.0 Å². The minimum atomic E-state index is 0.661. The van der Waals surface area contributed by atoms with Gasteiger partial charge in [0.15, 0.2) is 0 Å². The summed E-state index contributed by atoms with van der Waals surface area (Å²) >= 11 is 1.68. The Morgan fingerprint density at radius 2 is 2.16 bits per heavy atom. The van der Waals surface area contributed by atoms with Gasteiger partial charge in [-0.2, -0.15) is 0 Å². The predicted molar refractivity (Wildman–Crippen MR) is 80.7 cm³/mol. The SMILES string of the molecule is Cc1nc(CN(C)c2ncc(CCN)cc2C)cs1. The van der Waals surface area contributed by atoms with E-state index in [0.29, 0.717) is 6.54 Å². The van der Waals surface area contributed by atoms with Crippen LogP contribution in [0.25, 0.3) is 0 Å². The van der Waals surface area contributed by atoms with Crippen molar-refractivity contribution < 1.29 is 0 Å². The Balaban J connectivity index is 2.12. The van der Waals surface area contributed by atoms with Crippen molar-refractivity contribution >= 4 is 17.2 Å². The highest BCUT2D eigenvalue weighted by molar-refractivity contribution is 7.09. The van der Waals surface area contributed by atoms with Crippen molar-refractivity contribution in [2.24, 2.45) is 5.73 Å². The second kappa shape index (κ2) is 6.12. The van der Waals surface area contributed by atoms with Crippen LogP contribution < -0.4 is 10.6 Å². The summed E-state index contributed by atoms with van der Waals surface area (Å²) in [6, 6.07) is 2.16. The highest BCUT2D eigenvalue weighted by atomic mass is 32.1. The normalized spacial score (nSPS) is 10.7. The van der Waals surface area contributed by atoms with Crippen LogP contribution in [0.3, 0.4) is 0 Å². The van der Waals surface area contributed by atoms with E-state index >= 15 is 0 Å². The van der Waals surface area contributed by atoms with Gasteiger partial charge in [-0.15, -0.1) is 11.3 Å². The highest BCUT2D eigenvalue weighted by Gasteiger charge is 2.09. The van der Waals surface area contributed by atoms with E-state index in [1.807, 2.05) is 20.2 Å². The number of nitrogens with zero attached hydrogens (tertiary/aromatic N) is 3. The van der Waals surface area contributed by atoms with Gasteiger partial charge in [-0.05, 0) is 37.9 Å². The van der Waals surface area contributed by atoms with E-state index in [0.717, 1.165) is 29.5 Å². The summed E-state index contributed by atoms with van der Waals surface area (Å²) in [5.41, 5.74) is 9.04. The lowest BCUT2D eigenvalue weighted by Crippen LogP contribution is -2.19. The maximum absolute atomic E-state index is 5.57. The number of pyridine rings is 1. The van der Waals surface area contributed by atoms with Crippen LogP contribution in [-0.4, -0.2) is 23.6 Å². The van der Waals surface area contributed by atoms with Crippen molar-refractivity contribution in [3.8, 4) is 0 Å². The van der Waals surface area contributed by atoms with E-state index in [-0.39, 0.29) is 0 Å². The summed E-state index contributed by atoms with van der Waals surface area (Å²) in [5, 5.41) is 3.20.